The molecule has 1 aliphatic heterocycles. The number of aromatic hydroxyl groups is 1. The summed E-state index contributed by atoms with van der Waals surface area (Å²) in [6, 6.07) is 7.83. The van der Waals surface area contributed by atoms with Crippen molar-refractivity contribution in [1.82, 2.24) is 0 Å². The van der Waals surface area contributed by atoms with E-state index >= 15 is 0 Å². The van der Waals surface area contributed by atoms with Crippen LogP contribution in [-0.4, -0.2) is 111 Å². The van der Waals surface area contributed by atoms with Gasteiger partial charge in [-0.15, -0.1) is 0 Å². The molecule has 38 heavy (non-hydrogen) atoms. The summed E-state index contributed by atoms with van der Waals surface area (Å²) in [5.74, 6) is -1.13. The molecule has 0 amide bonds. The molecule has 12 heteroatoms. The number of methoxy groups -OCH3 is 2. The lowest BCUT2D eigenvalue weighted by Crippen LogP contribution is -2.60. The molecule has 1 saturated heterocycles. The van der Waals surface area contributed by atoms with E-state index < -0.39 is 68.0 Å². The lowest BCUT2D eigenvalue weighted by Gasteiger charge is -2.44. The molecule has 0 aromatic heterocycles. The molecule has 1 heterocycles. The highest BCUT2D eigenvalue weighted by molar-refractivity contribution is 5.54. The Balaban J connectivity index is 1.74. The van der Waals surface area contributed by atoms with E-state index in [1.165, 1.54) is 26.4 Å². The molecule has 0 saturated carbocycles. The highest BCUT2D eigenvalue weighted by atomic mass is 16.7. The van der Waals surface area contributed by atoms with Crippen molar-refractivity contribution < 1.29 is 59.8 Å². The molecule has 0 unspecified atom stereocenters. The third-order valence-electron chi connectivity index (χ3n) is 7.47. The van der Waals surface area contributed by atoms with Gasteiger partial charge >= 0.3 is 0 Å². The van der Waals surface area contributed by atoms with E-state index in [9.17, 15) is 40.9 Å². The molecule has 4 rings (SSSR count). The topological polar surface area (TPSA) is 199 Å². The van der Waals surface area contributed by atoms with Gasteiger partial charge in [0.2, 0.25) is 6.29 Å². The standard InChI is InChI=1S/C26H34O12/c1-35-18-7-14-13(5-16(18)30)8-26(34,11-29)15(9-27)21(14)12-3-4-17(19(6-12)36-2)37-25-24(33)23(32)22(31)20(10-28)38-25/h3-7,15,20-25,27-34H,8-11H2,1-2H3/t15-,20+,21-,22-,23-,24+,25+,26+/m1/s1. The van der Waals surface area contributed by atoms with Crippen molar-refractivity contribution in [3.63, 3.8) is 0 Å². The number of fused-ring (bicyclic) bond motifs is 1. The minimum atomic E-state index is -1.69. The molecule has 8 atom stereocenters. The summed E-state index contributed by atoms with van der Waals surface area (Å²) in [7, 11) is 2.78. The van der Waals surface area contributed by atoms with Gasteiger partial charge < -0.3 is 59.8 Å². The van der Waals surface area contributed by atoms with Gasteiger partial charge in [-0.2, -0.15) is 0 Å². The predicted molar refractivity (Wildman–Crippen MR) is 130 cm³/mol. The van der Waals surface area contributed by atoms with Crippen LogP contribution in [-0.2, 0) is 11.2 Å². The number of phenolic OH excluding ortho intramolecular Hbond substituents is 1. The van der Waals surface area contributed by atoms with Gasteiger partial charge in [-0.05, 0) is 41.0 Å². The highest BCUT2D eigenvalue weighted by Crippen LogP contribution is 2.49. The number of rotatable bonds is 8. The zero-order valence-electron chi connectivity index (χ0n) is 21.0. The molecule has 1 fully saturated rings. The van der Waals surface area contributed by atoms with E-state index in [0.717, 1.165) is 0 Å². The van der Waals surface area contributed by atoms with E-state index in [1.807, 2.05) is 0 Å². The van der Waals surface area contributed by atoms with Crippen molar-refractivity contribution in [3.8, 4) is 23.0 Å². The second kappa shape index (κ2) is 11.2. The molecular formula is C26H34O12. The molecule has 1 aliphatic carbocycles. The molecule has 2 aromatic rings. The largest absolute Gasteiger partial charge is 0.504 e. The lowest BCUT2D eigenvalue weighted by atomic mass is 9.64. The van der Waals surface area contributed by atoms with E-state index in [2.05, 4.69) is 0 Å². The van der Waals surface area contributed by atoms with Crippen LogP contribution in [0.5, 0.6) is 23.0 Å². The van der Waals surface area contributed by atoms with Crippen LogP contribution in [0.25, 0.3) is 0 Å². The van der Waals surface area contributed by atoms with Crippen molar-refractivity contribution in [2.24, 2.45) is 5.92 Å². The smallest absolute Gasteiger partial charge is 0.229 e. The number of aliphatic hydroxyl groups excluding tert-OH is 6. The fraction of sp³-hybridized carbons (Fsp3) is 0.538. The Hall–Kier alpha value is -2.68. The van der Waals surface area contributed by atoms with Crippen LogP contribution < -0.4 is 14.2 Å². The van der Waals surface area contributed by atoms with Crippen molar-refractivity contribution in [3.05, 3.63) is 47.0 Å². The summed E-state index contributed by atoms with van der Waals surface area (Å²) in [6.45, 7) is -1.70. The highest BCUT2D eigenvalue weighted by Gasteiger charge is 2.48. The van der Waals surface area contributed by atoms with Gasteiger partial charge in [0.05, 0.1) is 33.0 Å². The fourth-order valence-corrected chi connectivity index (χ4v) is 5.35. The Bertz CT molecular complexity index is 1120. The summed E-state index contributed by atoms with van der Waals surface area (Å²) < 4.78 is 21.9. The van der Waals surface area contributed by atoms with Gasteiger partial charge in [0, 0.05) is 24.9 Å². The van der Waals surface area contributed by atoms with Crippen LogP contribution in [0.1, 0.15) is 22.6 Å². The second-order valence-electron chi connectivity index (χ2n) is 9.65. The van der Waals surface area contributed by atoms with Crippen LogP contribution >= 0.6 is 0 Å². The molecule has 2 aromatic carbocycles. The predicted octanol–water partition coefficient (Wildman–Crippen LogP) is -1.39. The zero-order valence-corrected chi connectivity index (χ0v) is 21.0. The number of hydrogen-bond donors (Lipinski definition) is 8. The van der Waals surface area contributed by atoms with Gasteiger partial charge in [-0.3, -0.25) is 0 Å². The van der Waals surface area contributed by atoms with Gasteiger partial charge in [0.1, 0.15) is 24.4 Å². The van der Waals surface area contributed by atoms with Crippen molar-refractivity contribution in [2.45, 2.75) is 48.6 Å². The number of aliphatic hydroxyl groups is 7. The zero-order chi connectivity index (χ0) is 27.8. The first kappa shape index (κ1) is 28.3. The monoisotopic (exact) mass is 538 g/mol. The maximum Gasteiger partial charge on any atom is 0.229 e. The van der Waals surface area contributed by atoms with Gasteiger partial charge in [-0.1, -0.05) is 6.07 Å². The third kappa shape index (κ3) is 4.90. The van der Waals surface area contributed by atoms with Crippen LogP contribution in [0.4, 0.5) is 0 Å². The second-order valence-corrected chi connectivity index (χ2v) is 9.65. The number of benzene rings is 2. The lowest BCUT2D eigenvalue weighted by molar-refractivity contribution is -0.277. The Labute approximate surface area is 218 Å². The van der Waals surface area contributed by atoms with E-state index in [0.29, 0.717) is 16.7 Å². The first-order valence-electron chi connectivity index (χ1n) is 12.1. The first-order chi connectivity index (χ1) is 18.1. The van der Waals surface area contributed by atoms with Crippen LogP contribution in [0.15, 0.2) is 30.3 Å². The van der Waals surface area contributed by atoms with Crippen LogP contribution in [0.2, 0.25) is 0 Å². The summed E-state index contributed by atoms with van der Waals surface area (Å²) in [5, 5.41) is 81.8. The van der Waals surface area contributed by atoms with E-state index in [1.54, 1.807) is 18.2 Å². The minimum Gasteiger partial charge on any atom is -0.504 e. The van der Waals surface area contributed by atoms with Crippen molar-refractivity contribution in [1.29, 1.82) is 0 Å². The summed E-state index contributed by atoms with van der Waals surface area (Å²) in [4.78, 5) is 0. The van der Waals surface area contributed by atoms with E-state index in [-0.39, 0.29) is 29.4 Å². The first-order valence-corrected chi connectivity index (χ1v) is 12.1. The molecule has 0 bridgehead atoms. The van der Waals surface area contributed by atoms with E-state index in [4.69, 9.17) is 18.9 Å². The quantitative estimate of drug-likeness (QED) is 0.196. The molecule has 8 N–H and O–H groups in total. The number of ether oxygens (including phenoxy) is 4. The Morgan fingerprint density at radius 3 is 2.21 bits per heavy atom. The Morgan fingerprint density at radius 2 is 1.61 bits per heavy atom. The average Bonchev–Trinajstić information content (AvgIpc) is 2.92. The SMILES string of the molecule is COc1cc2c(cc1O)C[C@](O)(CO)[C@H](CO)[C@@H]2c1ccc(O[C@H]2O[C@@H](CO)[C@@H](O)[C@@H](O)[C@@H]2O)c(OC)c1. The summed E-state index contributed by atoms with van der Waals surface area (Å²) in [6.07, 6.45) is -7.38. The van der Waals surface area contributed by atoms with Crippen LogP contribution in [0, 0.1) is 5.92 Å². The Morgan fingerprint density at radius 1 is 0.895 bits per heavy atom. The summed E-state index contributed by atoms with van der Waals surface area (Å²) in [5.41, 5.74) is 0.117. The third-order valence-corrected chi connectivity index (χ3v) is 7.47. The average molecular weight is 539 g/mol. The van der Waals surface area contributed by atoms with Crippen molar-refractivity contribution in [2.75, 3.05) is 34.0 Å². The molecule has 0 spiro atoms. The minimum absolute atomic E-state index is 0.00640. The summed E-state index contributed by atoms with van der Waals surface area (Å²) >= 11 is 0. The van der Waals surface area contributed by atoms with Gasteiger partial charge in [-0.25, -0.2) is 0 Å². The normalized spacial score (nSPS) is 32.9. The number of hydrogen-bond acceptors (Lipinski definition) is 12. The maximum atomic E-state index is 11.3. The van der Waals surface area contributed by atoms with Gasteiger partial charge in [0.15, 0.2) is 23.0 Å². The molecular weight excluding hydrogens is 504 g/mol. The molecule has 210 valence electrons. The Kier molecular flexibility index (Phi) is 8.35. The number of phenols is 1. The molecule has 2 aliphatic rings. The van der Waals surface area contributed by atoms with Crippen molar-refractivity contribution >= 4 is 0 Å². The van der Waals surface area contributed by atoms with Crippen LogP contribution in [0.3, 0.4) is 0 Å². The fourth-order valence-electron chi connectivity index (χ4n) is 5.35. The maximum absolute atomic E-state index is 11.3. The van der Waals surface area contributed by atoms with Gasteiger partial charge in [0.25, 0.3) is 0 Å². The molecule has 0 radical (unpaired) electrons. The molecule has 12 nitrogen and oxygen atoms in total.